The van der Waals surface area contributed by atoms with Gasteiger partial charge in [-0.2, -0.15) is 15.0 Å². The van der Waals surface area contributed by atoms with E-state index < -0.39 is 4.92 Å². The topological polar surface area (TPSA) is 106 Å². The molecule has 1 aromatic carbocycles. The highest BCUT2D eigenvalue weighted by Crippen LogP contribution is 2.20. The van der Waals surface area contributed by atoms with Gasteiger partial charge in [0.05, 0.1) is 4.92 Å². The smallest absolute Gasteiger partial charge is 0.271 e. The van der Waals surface area contributed by atoms with Crippen molar-refractivity contribution in [1.29, 1.82) is 0 Å². The predicted octanol–water partition coefficient (Wildman–Crippen LogP) is 3.39. The molecule has 1 aromatic heterocycles. The number of hydrogen-bond acceptors (Lipinski definition) is 7. The number of non-ortho nitro benzene ring substituents is 1. The maximum Gasteiger partial charge on any atom is 0.271 e. The molecule has 2 N–H and O–H groups in total. The zero-order chi connectivity index (χ0) is 16.1. The van der Waals surface area contributed by atoms with Crippen LogP contribution in [-0.4, -0.2) is 25.9 Å². The minimum Gasteiger partial charge on any atom is -0.352 e. The summed E-state index contributed by atoms with van der Waals surface area (Å²) >= 11 is 5.87. The Morgan fingerprint density at radius 1 is 1.32 bits per heavy atom. The van der Waals surface area contributed by atoms with Crippen LogP contribution in [0.2, 0.25) is 5.28 Å². The van der Waals surface area contributed by atoms with Gasteiger partial charge < -0.3 is 10.6 Å². The van der Waals surface area contributed by atoms with Crippen LogP contribution in [0.5, 0.6) is 0 Å². The maximum atomic E-state index is 10.8. The molecule has 0 spiro atoms. The first kappa shape index (κ1) is 15.9. The minimum absolute atomic E-state index is 0.0249. The number of hydrogen-bond donors (Lipinski definition) is 2. The molecule has 2 aromatic rings. The third-order valence-corrected chi connectivity index (χ3v) is 3.08. The minimum atomic E-state index is -0.471. The van der Waals surface area contributed by atoms with Crippen molar-refractivity contribution in [3.63, 3.8) is 0 Å². The quantitative estimate of drug-likeness (QED) is 0.620. The lowest BCUT2D eigenvalue weighted by Crippen LogP contribution is -2.16. The molecule has 116 valence electrons. The first-order valence-corrected chi connectivity index (χ1v) is 7.05. The molecule has 0 aliphatic carbocycles. The summed E-state index contributed by atoms with van der Waals surface area (Å²) in [6, 6.07) is 6.22. The summed E-state index contributed by atoms with van der Waals surface area (Å²) in [5, 5.41) is 16.8. The normalized spacial score (nSPS) is 11.8. The molecule has 0 aliphatic heterocycles. The lowest BCUT2D eigenvalue weighted by molar-refractivity contribution is -0.384. The molecule has 22 heavy (non-hydrogen) atoms. The van der Waals surface area contributed by atoms with Crippen LogP contribution in [0.1, 0.15) is 20.3 Å². The van der Waals surface area contributed by atoms with Crippen LogP contribution in [0.25, 0.3) is 0 Å². The van der Waals surface area contributed by atoms with E-state index in [0.717, 1.165) is 6.42 Å². The van der Waals surface area contributed by atoms with Crippen molar-refractivity contribution in [2.24, 2.45) is 0 Å². The summed E-state index contributed by atoms with van der Waals surface area (Å²) in [6.07, 6.45) is 0.900. The number of nitro groups is 1. The van der Waals surface area contributed by atoms with Gasteiger partial charge in [-0.25, -0.2) is 0 Å². The van der Waals surface area contributed by atoms with E-state index in [-0.39, 0.29) is 23.0 Å². The van der Waals surface area contributed by atoms with E-state index in [1.165, 1.54) is 12.1 Å². The highest BCUT2D eigenvalue weighted by atomic mass is 35.5. The van der Waals surface area contributed by atoms with Crippen LogP contribution in [-0.2, 0) is 0 Å². The van der Waals surface area contributed by atoms with Crippen LogP contribution in [0.15, 0.2) is 24.3 Å². The summed E-state index contributed by atoms with van der Waals surface area (Å²) in [6.45, 7) is 4.02. The first-order valence-electron chi connectivity index (χ1n) is 6.67. The third kappa shape index (κ3) is 4.26. The molecular formula is C13H15ClN6O2. The number of nitro benzene ring substituents is 1. The molecule has 0 bridgehead atoms. The van der Waals surface area contributed by atoms with Gasteiger partial charge in [0.1, 0.15) is 0 Å². The zero-order valence-corrected chi connectivity index (χ0v) is 12.8. The van der Waals surface area contributed by atoms with Crippen molar-refractivity contribution in [2.75, 3.05) is 10.6 Å². The number of benzene rings is 1. The average Bonchev–Trinajstić information content (AvgIpc) is 2.46. The number of aromatic nitrogens is 3. The lowest BCUT2D eigenvalue weighted by atomic mass is 10.3. The molecule has 0 saturated heterocycles. The Kier molecular flexibility index (Phi) is 5.05. The monoisotopic (exact) mass is 322 g/mol. The molecule has 1 heterocycles. The van der Waals surface area contributed by atoms with Crippen LogP contribution < -0.4 is 10.6 Å². The summed E-state index contributed by atoms with van der Waals surface area (Å²) in [5.41, 5.74) is 0.467. The second-order valence-corrected chi connectivity index (χ2v) is 4.98. The summed E-state index contributed by atoms with van der Waals surface area (Å²) in [7, 11) is 0. The SMILES string of the molecule is CCC(C)Nc1nc(Cl)nc(Nc2cccc([N+](=O)[O-])c2)n1. The fraction of sp³-hybridized carbons (Fsp3) is 0.308. The molecule has 0 fully saturated rings. The Morgan fingerprint density at radius 3 is 2.73 bits per heavy atom. The molecule has 1 unspecified atom stereocenters. The highest BCUT2D eigenvalue weighted by Gasteiger charge is 2.10. The number of anilines is 3. The van der Waals surface area contributed by atoms with E-state index in [9.17, 15) is 10.1 Å². The van der Waals surface area contributed by atoms with Gasteiger partial charge in [0.2, 0.25) is 17.2 Å². The van der Waals surface area contributed by atoms with Crippen LogP contribution in [0.3, 0.4) is 0 Å². The number of halogens is 1. The van der Waals surface area contributed by atoms with Crippen molar-refractivity contribution in [2.45, 2.75) is 26.3 Å². The van der Waals surface area contributed by atoms with Crippen LogP contribution in [0, 0.1) is 10.1 Å². The fourth-order valence-corrected chi connectivity index (χ4v) is 1.78. The predicted molar refractivity (Wildman–Crippen MR) is 84.6 cm³/mol. The van der Waals surface area contributed by atoms with Gasteiger partial charge in [0, 0.05) is 23.9 Å². The van der Waals surface area contributed by atoms with Crippen molar-refractivity contribution >= 4 is 34.9 Å². The van der Waals surface area contributed by atoms with Gasteiger partial charge >= 0.3 is 0 Å². The molecule has 9 heteroatoms. The fourth-order valence-electron chi connectivity index (χ4n) is 1.62. The number of nitrogens with zero attached hydrogens (tertiary/aromatic N) is 4. The van der Waals surface area contributed by atoms with Gasteiger partial charge in [-0.3, -0.25) is 10.1 Å². The zero-order valence-electron chi connectivity index (χ0n) is 12.1. The molecule has 0 saturated carbocycles. The van der Waals surface area contributed by atoms with Gasteiger partial charge in [-0.15, -0.1) is 0 Å². The molecule has 0 aliphatic rings. The van der Waals surface area contributed by atoms with Crippen molar-refractivity contribution in [3.05, 3.63) is 39.7 Å². The number of rotatable bonds is 6. The summed E-state index contributed by atoms with van der Waals surface area (Å²) in [5.74, 6) is 0.564. The molecule has 0 radical (unpaired) electrons. The maximum absolute atomic E-state index is 10.8. The Bertz CT molecular complexity index is 681. The lowest BCUT2D eigenvalue weighted by Gasteiger charge is -2.12. The van der Waals surface area contributed by atoms with Gasteiger partial charge in [0.15, 0.2) is 0 Å². The second kappa shape index (κ2) is 6.99. The van der Waals surface area contributed by atoms with Crippen molar-refractivity contribution in [3.8, 4) is 0 Å². The van der Waals surface area contributed by atoms with E-state index in [1.807, 2.05) is 13.8 Å². The Morgan fingerprint density at radius 2 is 2.05 bits per heavy atom. The molecule has 2 rings (SSSR count). The highest BCUT2D eigenvalue weighted by molar-refractivity contribution is 6.28. The van der Waals surface area contributed by atoms with E-state index in [0.29, 0.717) is 11.6 Å². The van der Waals surface area contributed by atoms with Gasteiger partial charge in [-0.05, 0) is 31.0 Å². The standard InChI is InChI=1S/C13H15ClN6O2/c1-3-8(2)15-12-17-11(14)18-13(19-12)16-9-5-4-6-10(7-9)20(21)22/h4-8H,3H2,1-2H3,(H2,15,16,17,18,19). The Hall–Kier alpha value is -2.48. The summed E-state index contributed by atoms with van der Waals surface area (Å²) < 4.78 is 0. The molecular weight excluding hydrogens is 308 g/mol. The van der Waals surface area contributed by atoms with Gasteiger partial charge in [0.25, 0.3) is 5.69 Å². The van der Waals surface area contributed by atoms with E-state index in [1.54, 1.807) is 12.1 Å². The Balaban J connectivity index is 2.22. The van der Waals surface area contributed by atoms with Crippen molar-refractivity contribution in [1.82, 2.24) is 15.0 Å². The van der Waals surface area contributed by atoms with Crippen LogP contribution >= 0.6 is 11.6 Å². The molecule has 0 amide bonds. The van der Waals surface area contributed by atoms with E-state index in [2.05, 4.69) is 25.6 Å². The summed E-state index contributed by atoms with van der Waals surface area (Å²) in [4.78, 5) is 22.4. The van der Waals surface area contributed by atoms with E-state index >= 15 is 0 Å². The average molecular weight is 323 g/mol. The largest absolute Gasteiger partial charge is 0.352 e. The Labute approximate surface area is 132 Å². The van der Waals surface area contributed by atoms with E-state index in [4.69, 9.17) is 11.6 Å². The first-order chi connectivity index (χ1) is 10.5. The number of nitrogens with one attached hydrogen (secondary N) is 2. The van der Waals surface area contributed by atoms with Crippen LogP contribution in [0.4, 0.5) is 23.3 Å². The third-order valence-electron chi connectivity index (χ3n) is 2.91. The molecule has 1 atom stereocenters. The molecule has 8 nitrogen and oxygen atoms in total. The second-order valence-electron chi connectivity index (χ2n) is 4.64. The van der Waals surface area contributed by atoms with Crippen molar-refractivity contribution < 1.29 is 4.92 Å². The van der Waals surface area contributed by atoms with Gasteiger partial charge in [-0.1, -0.05) is 13.0 Å².